The van der Waals surface area contributed by atoms with Crippen molar-refractivity contribution in [3.05, 3.63) is 46.3 Å². The molecular formula is C19H20N4O3S2. The monoisotopic (exact) mass is 416 g/mol. The van der Waals surface area contributed by atoms with E-state index < -0.39 is 5.97 Å². The molecule has 7 nitrogen and oxygen atoms in total. The van der Waals surface area contributed by atoms with Crippen molar-refractivity contribution in [2.45, 2.75) is 19.0 Å². The molecular weight excluding hydrogens is 396 g/mol. The van der Waals surface area contributed by atoms with Gasteiger partial charge in [0, 0.05) is 17.5 Å². The van der Waals surface area contributed by atoms with Crippen LogP contribution >= 0.6 is 23.1 Å². The van der Waals surface area contributed by atoms with Gasteiger partial charge < -0.3 is 14.6 Å². The van der Waals surface area contributed by atoms with E-state index in [1.165, 1.54) is 30.2 Å². The van der Waals surface area contributed by atoms with E-state index >= 15 is 0 Å². The molecule has 0 fully saturated rings. The highest BCUT2D eigenvalue weighted by molar-refractivity contribution is 7.99. The third-order valence-corrected chi connectivity index (χ3v) is 6.05. The summed E-state index contributed by atoms with van der Waals surface area (Å²) in [6, 6.07) is 9.65. The molecule has 28 heavy (non-hydrogen) atoms. The van der Waals surface area contributed by atoms with Crippen LogP contribution in [0.5, 0.6) is 0 Å². The first kappa shape index (κ1) is 20.1. The molecule has 2 aromatic heterocycles. The third kappa shape index (κ3) is 4.26. The third-order valence-electron chi connectivity index (χ3n) is 4.07. The first-order valence-electron chi connectivity index (χ1n) is 8.47. The molecule has 0 saturated carbocycles. The van der Waals surface area contributed by atoms with E-state index in [9.17, 15) is 9.59 Å². The lowest BCUT2D eigenvalue weighted by Crippen LogP contribution is -2.16. The number of methoxy groups -OCH3 is 1. The maximum absolute atomic E-state index is 12.4. The minimum absolute atomic E-state index is 0.150. The number of rotatable bonds is 6. The Bertz CT molecular complexity index is 1030. The summed E-state index contributed by atoms with van der Waals surface area (Å²) >= 11 is 2.63. The fourth-order valence-electron chi connectivity index (χ4n) is 2.66. The number of thiophene rings is 1. The van der Waals surface area contributed by atoms with E-state index in [1.54, 1.807) is 6.07 Å². The number of carbonyl (C=O) groups excluding carboxylic acids is 2. The standard InChI is InChI=1S/C19H20N4O3S2/c1-11-7-5-6-8-13(11)16-21-22-19(23(16)3)27-10-15(24)20-17-14(18(25)26-4)9-12(2)28-17/h5-9H,10H2,1-4H3,(H,20,24). The molecule has 0 bridgehead atoms. The van der Waals surface area contributed by atoms with Crippen LogP contribution in [0.25, 0.3) is 11.4 Å². The molecule has 146 valence electrons. The number of nitrogens with zero attached hydrogens (tertiary/aromatic N) is 3. The van der Waals surface area contributed by atoms with Crippen molar-refractivity contribution in [1.82, 2.24) is 14.8 Å². The second-order valence-electron chi connectivity index (χ2n) is 6.11. The maximum atomic E-state index is 12.4. The first-order valence-corrected chi connectivity index (χ1v) is 10.3. The average molecular weight is 417 g/mol. The van der Waals surface area contributed by atoms with Crippen LogP contribution in [0.3, 0.4) is 0 Å². The number of anilines is 1. The SMILES string of the molecule is COC(=O)c1cc(C)sc1NC(=O)CSc1nnc(-c2ccccc2C)n1C. The molecule has 0 atom stereocenters. The van der Waals surface area contributed by atoms with Crippen molar-refractivity contribution in [2.75, 3.05) is 18.2 Å². The van der Waals surface area contributed by atoms with Gasteiger partial charge in [0.25, 0.3) is 0 Å². The Morgan fingerprint density at radius 3 is 2.71 bits per heavy atom. The van der Waals surface area contributed by atoms with Gasteiger partial charge in [0.05, 0.1) is 18.4 Å². The van der Waals surface area contributed by atoms with Crippen molar-refractivity contribution in [3.8, 4) is 11.4 Å². The summed E-state index contributed by atoms with van der Waals surface area (Å²) in [5.41, 5.74) is 2.48. The molecule has 0 aliphatic rings. The molecule has 0 unspecified atom stereocenters. The van der Waals surface area contributed by atoms with E-state index in [2.05, 4.69) is 15.5 Å². The van der Waals surface area contributed by atoms with Gasteiger partial charge in [-0.25, -0.2) is 4.79 Å². The molecule has 9 heteroatoms. The summed E-state index contributed by atoms with van der Waals surface area (Å²) in [5.74, 6) is 0.209. The number of esters is 1. The largest absolute Gasteiger partial charge is 0.465 e. The predicted molar refractivity (Wildman–Crippen MR) is 111 cm³/mol. The molecule has 3 rings (SSSR count). The molecule has 0 aliphatic carbocycles. The molecule has 1 amide bonds. The van der Waals surface area contributed by atoms with Crippen LogP contribution in [-0.2, 0) is 16.6 Å². The summed E-state index contributed by atoms with van der Waals surface area (Å²) in [5, 5.41) is 12.4. The second-order valence-corrected chi connectivity index (χ2v) is 8.31. The minimum Gasteiger partial charge on any atom is -0.465 e. The van der Waals surface area contributed by atoms with Gasteiger partial charge in [0.2, 0.25) is 5.91 Å². The molecule has 1 N–H and O–H groups in total. The van der Waals surface area contributed by atoms with Crippen molar-refractivity contribution in [3.63, 3.8) is 0 Å². The van der Waals surface area contributed by atoms with E-state index in [0.717, 1.165) is 21.8 Å². The van der Waals surface area contributed by atoms with Crippen LogP contribution in [0.15, 0.2) is 35.5 Å². The number of amides is 1. The van der Waals surface area contributed by atoms with E-state index in [1.807, 2.05) is 49.7 Å². The Balaban J connectivity index is 1.68. The summed E-state index contributed by atoms with van der Waals surface area (Å²) in [7, 11) is 3.19. The van der Waals surface area contributed by atoms with Crippen molar-refractivity contribution in [2.24, 2.45) is 7.05 Å². The van der Waals surface area contributed by atoms with E-state index in [-0.39, 0.29) is 11.7 Å². The number of thioether (sulfide) groups is 1. The van der Waals surface area contributed by atoms with Gasteiger partial charge in [0.15, 0.2) is 11.0 Å². The molecule has 0 spiro atoms. The number of hydrogen-bond donors (Lipinski definition) is 1. The van der Waals surface area contributed by atoms with Crippen LogP contribution in [0, 0.1) is 13.8 Å². The Morgan fingerprint density at radius 1 is 1.25 bits per heavy atom. The summed E-state index contributed by atoms with van der Waals surface area (Å²) in [6.07, 6.45) is 0. The molecule has 0 aliphatic heterocycles. The lowest BCUT2D eigenvalue weighted by atomic mass is 10.1. The molecule has 0 saturated heterocycles. The maximum Gasteiger partial charge on any atom is 0.340 e. The second kappa shape index (κ2) is 8.57. The van der Waals surface area contributed by atoms with Gasteiger partial charge in [-0.15, -0.1) is 21.5 Å². The highest BCUT2D eigenvalue weighted by Gasteiger charge is 2.18. The van der Waals surface area contributed by atoms with E-state index in [0.29, 0.717) is 15.7 Å². The van der Waals surface area contributed by atoms with Crippen molar-refractivity contribution >= 4 is 40.0 Å². The quantitative estimate of drug-likeness (QED) is 0.487. The summed E-state index contributed by atoms with van der Waals surface area (Å²) in [6.45, 7) is 3.89. The van der Waals surface area contributed by atoms with Crippen LogP contribution in [0.1, 0.15) is 20.8 Å². The Labute approximate surface area is 171 Å². The van der Waals surface area contributed by atoms with Crippen LogP contribution < -0.4 is 5.32 Å². The number of aryl methyl sites for hydroxylation is 2. The van der Waals surface area contributed by atoms with Gasteiger partial charge >= 0.3 is 5.97 Å². The summed E-state index contributed by atoms with van der Waals surface area (Å²) in [4.78, 5) is 25.1. The average Bonchev–Trinajstić information content (AvgIpc) is 3.22. The normalized spacial score (nSPS) is 10.7. The molecule has 3 aromatic rings. The van der Waals surface area contributed by atoms with Crippen LogP contribution in [-0.4, -0.2) is 39.5 Å². The first-order chi connectivity index (χ1) is 13.4. The van der Waals surface area contributed by atoms with Crippen molar-refractivity contribution < 1.29 is 14.3 Å². The van der Waals surface area contributed by atoms with Crippen molar-refractivity contribution in [1.29, 1.82) is 0 Å². The number of carbonyl (C=O) groups is 2. The highest BCUT2D eigenvalue weighted by atomic mass is 32.2. The molecule has 2 heterocycles. The minimum atomic E-state index is -0.469. The fourth-order valence-corrected chi connectivity index (χ4v) is 4.29. The Kier molecular flexibility index (Phi) is 6.15. The van der Waals surface area contributed by atoms with E-state index in [4.69, 9.17) is 4.74 Å². The number of hydrogen-bond acceptors (Lipinski definition) is 7. The Hall–Kier alpha value is -2.65. The number of nitrogens with one attached hydrogen (secondary N) is 1. The number of benzene rings is 1. The zero-order valence-electron chi connectivity index (χ0n) is 16.0. The Morgan fingerprint density at radius 2 is 2.00 bits per heavy atom. The van der Waals surface area contributed by atoms with Gasteiger partial charge in [-0.3, -0.25) is 4.79 Å². The smallest absolute Gasteiger partial charge is 0.340 e. The zero-order valence-corrected chi connectivity index (χ0v) is 17.6. The summed E-state index contributed by atoms with van der Waals surface area (Å²) < 4.78 is 6.63. The number of aromatic nitrogens is 3. The lowest BCUT2D eigenvalue weighted by Gasteiger charge is -2.07. The topological polar surface area (TPSA) is 86.1 Å². The molecule has 0 radical (unpaired) electrons. The lowest BCUT2D eigenvalue weighted by molar-refractivity contribution is -0.113. The highest BCUT2D eigenvalue weighted by Crippen LogP contribution is 2.29. The van der Waals surface area contributed by atoms with Gasteiger partial charge in [-0.2, -0.15) is 0 Å². The van der Waals surface area contributed by atoms with Crippen LogP contribution in [0.4, 0.5) is 5.00 Å². The van der Waals surface area contributed by atoms with Gasteiger partial charge in [-0.1, -0.05) is 36.0 Å². The zero-order chi connectivity index (χ0) is 20.3. The van der Waals surface area contributed by atoms with Gasteiger partial charge in [0.1, 0.15) is 5.00 Å². The molecule has 1 aromatic carbocycles. The van der Waals surface area contributed by atoms with Crippen LogP contribution in [0.2, 0.25) is 0 Å². The van der Waals surface area contributed by atoms with Gasteiger partial charge in [-0.05, 0) is 25.5 Å². The predicted octanol–water partition coefficient (Wildman–Crippen LogP) is 3.68. The fraction of sp³-hybridized carbons (Fsp3) is 0.263. The number of ether oxygens (including phenoxy) is 1.